The number of alkyl halides is 2. The van der Waals surface area contributed by atoms with Gasteiger partial charge in [0.05, 0.1) is 24.9 Å². The van der Waals surface area contributed by atoms with Crippen molar-refractivity contribution < 1.29 is 23.0 Å². The van der Waals surface area contributed by atoms with Gasteiger partial charge in [0, 0.05) is 12.5 Å². The highest BCUT2D eigenvalue weighted by atomic mass is 19.3. The summed E-state index contributed by atoms with van der Waals surface area (Å²) in [6.07, 6.45) is 0.594. The van der Waals surface area contributed by atoms with Gasteiger partial charge in [-0.3, -0.25) is 4.79 Å². The number of amides is 1. The molecule has 1 aliphatic carbocycles. The number of hydrogen-bond acceptors (Lipinski definition) is 3. The molecule has 3 rings (SSSR count). The summed E-state index contributed by atoms with van der Waals surface area (Å²) in [5.74, 6) is -5.06. The van der Waals surface area contributed by atoms with E-state index in [9.17, 15) is 13.6 Å². The van der Waals surface area contributed by atoms with Gasteiger partial charge in [-0.05, 0) is 26.7 Å². The minimum Gasteiger partial charge on any atom is -0.376 e. The van der Waals surface area contributed by atoms with Crippen LogP contribution in [0.4, 0.5) is 8.78 Å². The Bertz CT molecular complexity index is 395. The summed E-state index contributed by atoms with van der Waals surface area (Å²) >= 11 is 0. The van der Waals surface area contributed by atoms with E-state index in [1.54, 1.807) is 0 Å². The Morgan fingerprint density at radius 3 is 2.63 bits per heavy atom. The van der Waals surface area contributed by atoms with E-state index in [-0.39, 0.29) is 25.3 Å². The summed E-state index contributed by atoms with van der Waals surface area (Å²) in [4.78, 5) is 13.5. The van der Waals surface area contributed by atoms with Crippen LogP contribution in [0.15, 0.2) is 0 Å². The van der Waals surface area contributed by atoms with Crippen molar-refractivity contribution in [2.45, 2.75) is 50.4 Å². The van der Waals surface area contributed by atoms with Crippen LogP contribution in [-0.4, -0.2) is 54.2 Å². The second-order valence-corrected chi connectivity index (χ2v) is 6.35. The molecular formula is C13H19F2NO3. The van der Waals surface area contributed by atoms with Gasteiger partial charge in [0.25, 0.3) is 5.91 Å². The van der Waals surface area contributed by atoms with Gasteiger partial charge in [-0.2, -0.15) is 8.78 Å². The average Bonchev–Trinajstić information content (AvgIpc) is 3.07. The Hall–Kier alpha value is -0.750. The number of carbonyl (C=O) groups excluding carboxylic acids is 1. The number of halogens is 2. The predicted octanol–water partition coefficient (Wildman–Crippen LogP) is 1.44. The molecule has 0 spiro atoms. The molecule has 2 aliphatic heterocycles. The molecule has 0 aromatic rings. The molecule has 108 valence electrons. The van der Waals surface area contributed by atoms with E-state index in [0.29, 0.717) is 19.4 Å². The lowest BCUT2D eigenvalue weighted by molar-refractivity contribution is -0.189. The molecule has 2 heterocycles. The van der Waals surface area contributed by atoms with E-state index in [4.69, 9.17) is 9.47 Å². The summed E-state index contributed by atoms with van der Waals surface area (Å²) in [6.45, 7) is 4.48. The van der Waals surface area contributed by atoms with Crippen molar-refractivity contribution in [3.05, 3.63) is 0 Å². The molecule has 0 unspecified atom stereocenters. The quantitative estimate of drug-likeness (QED) is 0.765. The van der Waals surface area contributed by atoms with E-state index < -0.39 is 23.3 Å². The molecular weight excluding hydrogens is 256 g/mol. The lowest BCUT2D eigenvalue weighted by Gasteiger charge is -2.45. The summed E-state index contributed by atoms with van der Waals surface area (Å²) < 4.78 is 39.1. The maximum absolute atomic E-state index is 14.0. The molecule has 0 aromatic carbocycles. The van der Waals surface area contributed by atoms with Gasteiger partial charge in [0.15, 0.2) is 0 Å². The molecule has 4 nitrogen and oxygen atoms in total. The molecule has 3 fully saturated rings. The van der Waals surface area contributed by atoms with Crippen molar-refractivity contribution in [3.63, 3.8) is 0 Å². The van der Waals surface area contributed by atoms with Crippen molar-refractivity contribution >= 4 is 5.91 Å². The van der Waals surface area contributed by atoms with Gasteiger partial charge >= 0.3 is 5.92 Å². The van der Waals surface area contributed by atoms with Crippen molar-refractivity contribution in [3.8, 4) is 0 Å². The minimum atomic E-state index is -3.24. The molecule has 1 saturated carbocycles. The maximum atomic E-state index is 14.0. The zero-order chi connectivity index (χ0) is 13.8. The van der Waals surface area contributed by atoms with Crippen molar-refractivity contribution in [2.75, 3.05) is 19.8 Å². The molecule has 6 heteroatoms. The third kappa shape index (κ3) is 2.25. The Labute approximate surface area is 111 Å². The van der Waals surface area contributed by atoms with E-state index in [0.717, 1.165) is 0 Å². The zero-order valence-corrected chi connectivity index (χ0v) is 11.2. The van der Waals surface area contributed by atoms with Gasteiger partial charge in [-0.25, -0.2) is 0 Å². The molecule has 19 heavy (non-hydrogen) atoms. The van der Waals surface area contributed by atoms with Crippen molar-refractivity contribution in [2.24, 2.45) is 5.92 Å². The SMILES string of the molecule is CC1(C)CN(C(=O)C(F)(F)C2CC2)[C@@H]2COC[C@H]2O1. The van der Waals surface area contributed by atoms with E-state index in [1.165, 1.54) is 4.90 Å². The Morgan fingerprint density at radius 1 is 1.32 bits per heavy atom. The molecule has 3 aliphatic rings. The molecule has 0 radical (unpaired) electrons. The number of nitrogens with zero attached hydrogens (tertiary/aromatic N) is 1. The summed E-state index contributed by atoms with van der Waals surface area (Å²) in [6, 6.07) is -0.370. The minimum absolute atomic E-state index is 0.193. The topological polar surface area (TPSA) is 38.8 Å². The predicted molar refractivity (Wildman–Crippen MR) is 62.9 cm³/mol. The first-order valence-electron chi connectivity index (χ1n) is 6.76. The molecule has 0 bridgehead atoms. The Kier molecular flexibility index (Phi) is 2.87. The van der Waals surface area contributed by atoms with Crippen LogP contribution in [-0.2, 0) is 14.3 Å². The zero-order valence-electron chi connectivity index (χ0n) is 11.2. The summed E-state index contributed by atoms with van der Waals surface area (Å²) in [5.41, 5.74) is -0.607. The first kappa shape index (κ1) is 13.2. The normalized spacial score (nSPS) is 34.2. The molecule has 0 aromatic heterocycles. The van der Waals surface area contributed by atoms with Crippen LogP contribution in [0.2, 0.25) is 0 Å². The largest absolute Gasteiger partial charge is 0.376 e. The van der Waals surface area contributed by atoms with E-state index in [2.05, 4.69) is 0 Å². The van der Waals surface area contributed by atoms with Crippen LogP contribution in [0.5, 0.6) is 0 Å². The molecule has 2 saturated heterocycles. The number of morpholine rings is 1. The highest BCUT2D eigenvalue weighted by Gasteiger charge is 2.58. The van der Waals surface area contributed by atoms with Gasteiger partial charge in [-0.15, -0.1) is 0 Å². The van der Waals surface area contributed by atoms with Crippen LogP contribution < -0.4 is 0 Å². The van der Waals surface area contributed by atoms with Gasteiger partial charge < -0.3 is 14.4 Å². The lowest BCUT2D eigenvalue weighted by atomic mass is 9.99. The summed E-state index contributed by atoms with van der Waals surface area (Å²) in [7, 11) is 0. The third-order valence-electron chi connectivity index (χ3n) is 4.06. The van der Waals surface area contributed by atoms with Crippen LogP contribution in [0.1, 0.15) is 26.7 Å². The number of ether oxygens (including phenoxy) is 2. The second kappa shape index (κ2) is 4.12. The van der Waals surface area contributed by atoms with Crippen LogP contribution in [0.3, 0.4) is 0 Å². The molecule has 0 N–H and O–H groups in total. The van der Waals surface area contributed by atoms with E-state index >= 15 is 0 Å². The third-order valence-corrected chi connectivity index (χ3v) is 4.06. The van der Waals surface area contributed by atoms with Gasteiger partial charge in [0.1, 0.15) is 6.10 Å². The van der Waals surface area contributed by atoms with Crippen LogP contribution >= 0.6 is 0 Å². The highest BCUT2D eigenvalue weighted by Crippen LogP contribution is 2.45. The monoisotopic (exact) mass is 275 g/mol. The number of rotatable bonds is 2. The van der Waals surface area contributed by atoms with Crippen molar-refractivity contribution in [1.29, 1.82) is 0 Å². The Morgan fingerprint density at radius 2 is 2.00 bits per heavy atom. The number of hydrogen-bond donors (Lipinski definition) is 0. The standard InChI is InChI=1S/C13H19F2NO3/c1-12(2)7-16(9-5-18-6-10(9)19-12)11(17)13(14,15)8-3-4-8/h8-10H,3-7H2,1-2H3/t9-,10-/m1/s1. The smallest absolute Gasteiger partial charge is 0.327 e. The van der Waals surface area contributed by atoms with Gasteiger partial charge in [-0.1, -0.05) is 0 Å². The van der Waals surface area contributed by atoms with Crippen molar-refractivity contribution in [1.82, 2.24) is 4.90 Å². The van der Waals surface area contributed by atoms with Crippen LogP contribution in [0, 0.1) is 5.92 Å². The Balaban J connectivity index is 1.83. The molecule has 2 atom stereocenters. The average molecular weight is 275 g/mol. The second-order valence-electron chi connectivity index (χ2n) is 6.35. The summed E-state index contributed by atoms with van der Waals surface area (Å²) in [5, 5.41) is 0. The van der Waals surface area contributed by atoms with Crippen LogP contribution in [0.25, 0.3) is 0 Å². The lowest BCUT2D eigenvalue weighted by Crippen LogP contribution is -2.63. The maximum Gasteiger partial charge on any atom is 0.327 e. The fourth-order valence-electron chi connectivity index (χ4n) is 2.94. The van der Waals surface area contributed by atoms with Gasteiger partial charge in [0.2, 0.25) is 0 Å². The fourth-order valence-corrected chi connectivity index (χ4v) is 2.94. The number of fused-ring (bicyclic) bond motifs is 1. The first-order chi connectivity index (χ1) is 8.81. The first-order valence-corrected chi connectivity index (χ1v) is 6.76. The molecule has 1 amide bonds. The van der Waals surface area contributed by atoms with E-state index in [1.807, 2.05) is 13.8 Å². The fraction of sp³-hybridized carbons (Fsp3) is 0.923. The highest BCUT2D eigenvalue weighted by molar-refractivity contribution is 5.85. The number of carbonyl (C=O) groups is 1.